The molecule has 0 bridgehead atoms. The van der Waals surface area contributed by atoms with Gasteiger partial charge in [0.2, 0.25) is 0 Å². The lowest BCUT2D eigenvalue weighted by Gasteiger charge is -2.37. The van der Waals surface area contributed by atoms with Crippen molar-refractivity contribution in [1.29, 1.82) is 0 Å². The quantitative estimate of drug-likeness (QED) is 0.861. The van der Waals surface area contributed by atoms with Crippen LogP contribution >= 0.6 is 11.6 Å². The smallest absolute Gasteiger partial charge is 0.122 e. The van der Waals surface area contributed by atoms with E-state index < -0.39 is 0 Å². The molecule has 0 radical (unpaired) electrons. The van der Waals surface area contributed by atoms with Gasteiger partial charge >= 0.3 is 0 Å². The van der Waals surface area contributed by atoms with Crippen LogP contribution in [-0.2, 0) is 4.74 Å². The lowest BCUT2D eigenvalue weighted by atomic mass is 9.91. The van der Waals surface area contributed by atoms with Gasteiger partial charge in [0.25, 0.3) is 0 Å². The lowest BCUT2D eigenvalue weighted by Crippen LogP contribution is -2.52. The molecule has 0 aromatic heterocycles. The first-order valence-corrected chi connectivity index (χ1v) is 7.47. The molecular weight excluding hydrogens is 262 g/mol. The molecule has 0 saturated carbocycles. The molecule has 0 aliphatic carbocycles. The maximum Gasteiger partial charge on any atom is 0.122 e. The van der Waals surface area contributed by atoms with Crippen LogP contribution in [0.2, 0.25) is 0 Å². The molecule has 1 aromatic rings. The first-order chi connectivity index (χ1) is 9.33. The van der Waals surface area contributed by atoms with Crippen molar-refractivity contribution < 1.29 is 9.47 Å². The van der Waals surface area contributed by atoms with Gasteiger partial charge in [-0.2, -0.15) is 0 Å². The zero-order chi connectivity index (χ0) is 13.1. The zero-order valence-electron chi connectivity index (χ0n) is 11.0. The normalized spacial score (nSPS) is 24.8. The van der Waals surface area contributed by atoms with Crippen LogP contribution in [0.3, 0.4) is 0 Å². The highest BCUT2D eigenvalue weighted by atomic mass is 35.5. The molecule has 3 nitrogen and oxygen atoms in total. The molecular formula is C15H20ClNO2. The van der Waals surface area contributed by atoms with E-state index in [2.05, 4.69) is 17.4 Å². The van der Waals surface area contributed by atoms with Gasteiger partial charge in [-0.15, -0.1) is 11.6 Å². The molecule has 2 heterocycles. The van der Waals surface area contributed by atoms with Gasteiger partial charge < -0.3 is 14.8 Å². The summed E-state index contributed by atoms with van der Waals surface area (Å²) in [5.41, 5.74) is 1.35. The van der Waals surface area contributed by atoms with Crippen molar-refractivity contribution >= 4 is 11.6 Å². The minimum atomic E-state index is 0.0390. The lowest BCUT2D eigenvalue weighted by molar-refractivity contribution is 0.0458. The van der Waals surface area contributed by atoms with Crippen LogP contribution in [0.4, 0.5) is 0 Å². The van der Waals surface area contributed by atoms with Crippen LogP contribution < -0.4 is 10.1 Å². The fourth-order valence-electron chi connectivity index (χ4n) is 2.86. The number of halogens is 1. The second-order valence-corrected chi connectivity index (χ2v) is 5.72. The summed E-state index contributed by atoms with van der Waals surface area (Å²) in [7, 11) is 0. The largest absolute Gasteiger partial charge is 0.493 e. The van der Waals surface area contributed by atoms with Crippen molar-refractivity contribution in [1.82, 2.24) is 5.32 Å². The molecule has 2 aliphatic heterocycles. The highest BCUT2D eigenvalue weighted by molar-refractivity contribution is 6.18. The molecule has 104 valence electrons. The van der Waals surface area contributed by atoms with Gasteiger partial charge in [-0.05, 0) is 18.9 Å². The summed E-state index contributed by atoms with van der Waals surface area (Å²) in [6.07, 6.45) is 1.98. The Bertz CT molecular complexity index is 432. The Morgan fingerprint density at radius 2 is 2.05 bits per heavy atom. The molecule has 3 rings (SSSR count). The molecule has 4 heteroatoms. The van der Waals surface area contributed by atoms with Crippen molar-refractivity contribution in [3.8, 4) is 5.75 Å². The first kappa shape index (κ1) is 13.2. The summed E-state index contributed by atoms with van der Waals surface area (Å²) in [4.78, 5) is 0. The molecule has 2 aliphatic rings. The third-order valence-electron chi connectivity index (χ3n) is 4.23. The second kappa shape index (κ2) is 5.70. The van der Waals surface area contributed by atoms with E-state index in [-0.39, 0.29) is 5.54 Å². The third-order valence-corrected chi connectivity index (χ3v) is 4.74. The molecule has 1 aromatic carbocycles. The number of ether oxygens (including phenoxy) is 2. The van der Waals surface area contributed by atoms with E-state index in [1.807, 2.05) is 12.1 Å². The third kappa shape index (κ3) is 2.73. The van der Waals surface area contributed by atoms with Crippen LogP contribution in [0.1, 0.15) is 24.3 Å². The van der Waals surface area contributed by atoms with Gasteiger partial charge in [0.15, 0.2) is 0 Å². The summed E-state index contributed by atoms with van der Waals surface area (Å²) in [6.45, 7) is 3.29. The summed E-state index contributed by atoms with van der Waals surface area (Å²) in [5, 5.41) is 3.68. The summed E-state index contributed by atoms with van der Waals surface area (Å²) in [5.74, 6) is 2.10. The number of rotatable bonds is 4. The molecule has 1 fully saturated rings. The second-order valence-electron chi connectivity index (χ2n) is 5.45. The van der Waals surface area contributed by atoms with Crippen LogP contribution in [0, 0.1) is 0 Å². The topological polar surface area (TPSA) is 30.5 Å². The number of hydrogen-bond acceptors (Lipinski definition) is 3. The number of alkyl halides is 1. The Hall–Kier alpha value is -0.770. The summed E-state index contributed by atoms with van der Waals surface area (Å²) < 4.78 is 11.2. The van der Waals surface area contributed by atoms with Gasteiger partial charge in [0, 0.05) is 42.7 Å². The Morgan fingerprint density at radius 3 is 2.84 bits per heavy atom. The van der Waals surface area contributed by atoms with E-state index in [1.54, 1.807) is 0 Å². The van der Waals surface area contributed by atoms with Crippen molar-refractivity contribution in [2.45, 2.75) is 24.3 Å². The SMILES string of the molecule is ClCC1(NCC2COc3ccccc32)CCOCC1. The fraction of sp³-hybridized carbons (Fsp3) is 0.600. The van der Waals surface area contributed by atoms with Gasteiger partial charge in [0.1, 0.15) is 5.75 Å². The minimum absolute atomic E-state index is 0.0390. The predicted molar refractivity (Wildman–Crippen MR) is 76.2 cm³/mol. The molecule has 1 atom stereocenters. The summed E-state index contributed by atoms with van der Waals surface area (Å²) in [6, 6.07) is 8.30. The molecule has 1 saturated heterocycles. The van der Waals surface area contributed by atoms with E-state index in [1.165, 1.54) is 5.56 Å². The Kier molecular flexibility index (Phi) is 3.96. The van der Waals surface area contributed by atoms with Gasteiger partial charge in [-0.3, -0.25) is 0 Å². The number of benzene rings is 1. The average Bonchev–Trinajstić information content (AvgIpc) is 2.89. The molecule has 19 heavy (non-hydrogen) atoms. The monoisotopic (exact) mass is 281 g/mol. The van der Waals surface area contributed by atoms with E-state index >= 15 is 0 Å². The highest BCUT2D eigenvalue weighted by Crippen LogP contribution is 2.33. The van der Waals surface area contributed by atoms with Crippen molar-refractivity contribution in [2.75, 3.05) is 32.2 Å². The predicted octanol–water partition coefficient (Wildman–Crippen LogP) is 2.54. The van der Waals surface area contributed by atoms with Gasteiger partial charge in [-0.25, -0.2) is 0 Å². The van der Waals surface area contributed by atoms with Crippen molar-refractivity contribution in [2.24, 2.45) is 0 Å². The maximum absolute atomic E-state index is 6.17. The van der Waals surface area contributed by atoms with Crippen LogP contribution in [0.5, 0.6) is 5.75 Å². The average molecular weight is 282 g/mol. The van der Waals surface area contributed by atoms with E-state index in [9.17, 15) is 0 Å². The maximum atomic E-state index is 6.17. The Balaban J connectivity index is 1.63. The van der Waals surface area contributed by atoms with E-state index in [4.69, 9.17) is 21.1 Å². The first-order valence-electron chi connectivity index (χ1n) is 6.93. The Labute approximate surface area is 119 Å². The number of fused-ring (bicyclic) bond motifs is 1. The van der Waals surface area contributed by atoms with Crippen molar-refractivity contribution in [3.63, 3.8) is 0 Å². The standard InChI is InChI=1S/C15H20ClNO2/c16-11-15(5-7-18-8-6-15)17-9-12-10-19-14-4-2-1-3-13(12)14/h1-4,12,17H,5-11H2. The van der Waals surface area contributed by atoms with Gasteiger partial charge in [-0.1, -0.05) is 18.2 Å². The molecule has 0 amide bonds. The van der Waals surface area contributed by atoms with Gasteiger partial charge in [0.05, 0.1) is 6.61 Å². The van der Waals surface area contributed by atoms with Crippen molar-refractivity contribution in [3.05, 3.63) is 29.8 Å². The highest BCUT2D eigenvalue weighted by Gasteiger charge is 2.33. The fourth-order valence-corrected chi connectivity index (χ4v) is 3.22. The van der Waals surface area contributed by atoms with Crippen LogP contribution in [0.15, 0.2) is 24.3 Å². The van der Waals surface area contributed by atoms with E-state index in [0.717, 1.165) is 45.0 Å². The molecule has 1 unspecified atom stereocenters. The number of hydrogen-bond donors (Lipinski definition) is 1. The Morgan fingerprint density at radius 1 is 1.26 bits per heavy atom. The molecule has 1 N–H and O–H groups in total. The summed E-state index contributed by atoms with van der Waals surface area (Å²) >= 11 is 6.17. The number of nitrogens with one attached hydrogen (secondary N) is 1. The minimum Gasteiger partial charge on any atom is -0.493 e. The van der Waals surface area contributed by atoms with E-state index in [0.29, 0.717) is 11.8 Å². The van der Waals surface area contributed by atoms with Crippen LogP contribution in [-0.4, -0.2) is 37.8 Å². The zero-order valence-corrected chi connectivity index (χ0v) is 11.8. The van der Waals surface area contributed by atoms with Crippen LogP contribution in [0.25, 0.3) is 0 Å². The number of para-hydroxylation sites is 1. The molecule has 0 spiro atoms.